The molecule has 1 heterocycles. The lowest BCUT2D eigenvalue weighted by molar-refractivity contribution is -0.205. The van der Waals surface area contributed by atoms with Gasteiger partial charge in [0.1, 0.15) is 0 Å². The highest BCUT2D eigenvalue weighted by Gasteiger charge is 2.25. The maximum absolute atomic E-state index is 10.5. The fourth-order valence-corrected chi connectivity index (χ4v) is 1.07. The Morgan fingerprint density at radius 1 is 1.73 bits per heavy atom. The number of carbonyl (C=O) groups excluding carboxylic acids is 1. The Bertz CT molecular complexity index is 145. The molecule has 0 saturated carbocycles. The van der Waals surface area contributed by atoms with Crippen molar-refractivity contribution in [3.63, 3.8) is 0 Å². The van der Waals surface area contributed by atoms with Crippen LogP contribution in [0.25, 0.3) is 0 Å². The van der Waals surface area contributed by atoms with Crippen molar-refractivity contribution in [2.45, 2.75) is 32.2 Å². The summed E-state index contributed by atoms with van der Waals surface area (Å²) in [6.45, 7) is 1.86. The topological polar surface area (TPSA) is 55.8 Å². The van der Waals surface area contributed by atoms with Crippen LogP contribution in [-0.2, 0) is 14.3 Å². The molecule has 0 aromatic heterocycles. The third-order valence-electron chi connectivity index (χ3n) is 1.56. The quantitative estimate of drug-likeness (QED) is 0.550. The van der Waals surface area contributed by atoms with Gasteiger partial charge in [0.05, 0.1) is 6.61 Å². The predicted octanol–water partition coefficient (Wildman–Crippen LogP) is 0.0469. The standard InChI is InChI=1S/C7H12O4/c1-5(8)11-6-3-2-4-10-7(6)9/h6-7,9H,2-4H2,1H3/t6-,7+/m1/s1. The fraction of sp³-hybridized carbons (Fsp3) is 0.857. The summed E-state index contributed by atoms with van der Waals surface area (Å²) in [5, 5.41) is 9.12. The molecule has 1 N–H and O–H groups in total. The van der Waals surface area contributed by atoms with Crippen LogP contribution in [0.5, 0.6) is 0 Å². The summed E-state index contributed by atoms with van der Waals surface area (Å²) in [5.74, 6) is -0.375. The van der Waals surface area contributed by atoms with Crippen LogP contribution in [0.3, 0.4) is 0 Å². The first kappa shape index (κ1) is 8.49. The van der Waals surface area contributed by atoms with Crippen molar-refractivity contribution < 1.29 is 19.4 Å². The molecule has 4 nitrogen and oxygen atoms in total. The van der Waals surface area contributed by atoms with Gasteiger partial charge in [0, 0.05) is 6.92 Å². The summed E-state index contributed by atoms with van der Waals surface area (Å²) < 4.78 is 9.66. The Balaban J connectivity index is 2.35. The first-order valence-corrected chi connectivity index (χ1v) is 3.67. The van der Waals surface area contributed by atoms with Crippen molar-refractivity contribution in [3.8, 4) is 0 Å². The van der Waals surface area contributed by atoms with E-state index in [4.69, 9.17) is 14.6 Å². The normalized spacial score (nSPS) is 31.5. The lowest BCUT2D eigenvalue weighted by atomic mass is 10.1. The van der Waals surface area contributed by atoms with Crippen molar-refractivity contribution in [1.29, 1.82) is 0 Å². The van der Waals surface area contributed by atoms with Crippen LogP contribution in [0.1, 0.15) is 19.8 Å². The zero-order chi connectivity index (χ0) is 8.27. The van der Waals surface area contributed by atoms with Crippen LogP contribution in [0.2, 0.25) is 0 Å². The van der Waals surface area contributed by atoms with Crippen LogP contribution in [0.15, 0.2) is 0 Å². The lowest BCUT2D eigenvalue weighted by Crippen LogP contribution is -2.36. The second-order valence-electron chi connectivity index (χ2n) is 2.55. The van der Waals surface area contributed by atoms with Crippen LogP contribution < -0.4 is 0 Å². The van der Waals surface area contributed by atoms with Gasteiger partial charge >= 0.3 is 5.97 Å². The molecule has 11 heavy (non-hydrogen) atoms. The minimum atomic E-state index is -0.937. The molecule has 0 amide bonds. The Hall–Kier alpha value is -0.610. The summed E-state index contributed by atoms with van der Waals surface area (Å²) >= 11 is 0. The molecule has 4 heteroatoms. The molecular weight excluding hydrogens is 148 g/mol. The van der Waals surface area contributed by atoms with Crippen molar-refractivity contribution >= 4 is 5.97 Å². The van der Waals surface area contributed by atoms with Crippen molar-refractivity contribution in [3.05, 3.63) is 0 Å². The van der Waals surface area contributed by atoms with Crippen molar-refractivity contribution in [2.75, 3.05) is 6.61 Å². The number of hydrogen-bond acceptors (Lipinski definition) is 4. The smallest absolute Gasteiger partial charge is 0.303 e. The molecule has 2 atom stereocenters. The molecule has 1 aliphatic rings. The number of rotatable bonds is 1. The maximum Gasteiger partial charge on any atom is 0.303 e. The Morgan fingerprint density at radius 2 is 2.45 bits per heavy atom. The highest BCUT2D eigenvalue weighted by Crippen LogP contribution is 2.14. The van der Waals surface area contributed by atoms with Crippen LogP contribution in [0.4, 0.5) is 0 Å². The zero-order valence-corrected chi connectivity index (χ0v) is 6.45. The molecule has 0 bridgehead atoms. The van der Waals surface area contributed by atoms with Crippen LogP contribution in [0, 0.1) is 0 Å². The SMILES string of the molecule is CC(=O)O[C@@H]1CCCO[C@@H]1O. The average molecular weight is 160 g/mol. The molecule has 1 fully saturated rings. The van der Waals surface area contributed by atoms with Crippen LogP contribution in [-0.4, -0.2) is 30.1 Å². The summed E-state index contributed by atoms with van der Waals surface area (Å²) in [4.78, 5) is 10.5. The number of esters is 1. The first-order valence-electron chi connectivity index (χ1n) is 3.67. The summed E-state index contributed by atoms with van der Waals surface area (Å²) in [6, 6.07) is 0. The van der Waals surface area contributed by atoms with Gasteiger partial charge in [-0.2, -0.15) is 0 Å². The van der Waals surface area contributed by atoms with E-state index >= 15 is 0 Å². The molecule has 0 spiro atoms. The van der Waals surface area contributed by atoms with Gasteiger partial charge in [0.15, 0.2) is 12.4 Å². The van der Waals surface area contributed by atoms with E-state index in [-0.39, 0.29) is 5.97 Å². The van der Waals surface area contributed by atoms with Gasteiger partial charge in [-0.15, -0.1) is 0 Å². The Labute approximate surface area is 65.1 Å². The third-order valence-corrected chi connectivity index (χ3v) is 1.56. The van der Waals surface area contributed by atoms with Crippen LogP contribution >= 0.6 is 0 Å². The highest BCUT2D eigenvalue weighted by atomic mass is 16.6. The fourth-order valence-electron chi connectivity index (χ4n) is 1.07. The molecule has 64 valence electrons. The molecule has 0 aliphatic carbocycles. The molecule has 0 unspecified atom stereocenters. The third kappa shape index (κ3) is 2.48. The average Bonchev–Trinajstić information content (AvgIpc) is 1.93. The second kappa shape index (κ2) is 3.69. The number of hydrogen-bond donors (Lipinski definition) is 1. The summed E-state index contributed by atoms with van der Waals surface area (Å²) in [7, 11) is 0. The number of carbonyl (C=O) groups is 1. The molecule has 0 radical (unpaired) electrons. The van der Waals surface area contributed by atoms with E-state index < -0.39 is 12.4 Å². The molecule has 1 aliphatic heterocycles. The monoisotopic (exact) mass is 160 g/mol. The van der Waals surface area contributed by atoms with E-state index in [9.17, 15) is 4.79 Å². The van der Waals surface area contributed by atoms with E-state index in [0.29, 0.717) is 13.0 Å². The van der Waals surface area contributed by atoms with Gasteiger partial charge in [0.25, 0.3) is 0 Å². The van der Waals surface area contributed by atoms with Gasteiger partial charge in [-0.25, -0.2) is 0 Å². The highest BCUT2D eigenvalue weighted by molar-refractivity contribution is 5.66. The minimum Gasteiger partial charge on any atom is -0.457 e. The lowest BCUT2D eigenvalue weighted by Gasteiger charge is -2.26. The van der Waals surface area contributed by atoms with E-state index in [0.717, 1.165) is 6.42 Å². The number of aliphatic hydroxyl groups is 1. The van der Waals surface area contributed by atoms with Gasteiger partial charge < -0.3 is 14.6 Å². The number of ether oxygens (including phenoxy) is 2. The molecule has 0 aromatic rings. The van der Waals surface area contributed by atoms with E-state index in [1.165, 1.54) is 6.92 Å². The molecule has 1 rings (SSSR count). The van der Waals surface area contributed by atoms with Gasteiger partial charge in [-0.3, -0.25) is 4.79 Å². The minimum absolute atomic E-state index is 0.375. The number of aliphatic hydroxyl groups excluding tert-OH is 1. The largest absolute Gasteiger partial charge is 0.457 e. The van der Waals surface area contributed by atoms with Gasteiger partial charge in [-0.1, -0.05) is 0 Å². The Morgan fingerprint density at radius 3 is 3.00 bits per heavy atom. The van der Waals surface area contributed by atoms with Gasteiger partial charge in [-0.05, 0) is 12.8 Å². The van der Waals surface area contributed by atoms with E-state index in [2.05, 4.69) is 0 Å². The second-order valence-corrected chi connectivity index (χ2v) is 2.55. The van der Waals surface area contributed by atoms with Gasteiger partial charge in [0.2, 0.25) is 0 Å². The maximum atomic E-state index is 10.5. The molecule has 0 aromatic carbocycles. The van der Waals surface area contributed by atoms with Crippen molar-refractivity contribution in [1.82, 2.24) is 0 Å². The molecular formula is C7H12O4. The summed E-state index contributed by atoms with van der Waals surface area (Å²) in [5.41, 5.74) is 0. The Kier molecular flexibility index (Phi) is 2.84. The zero-order valence-electron chi connectivity index (χ0n) is 6.45. The first-order chi connectivity index (χ1) is 5.20. The predicted molar refractivity (Wildman–Crippen MR) is 36.7 cm³/mol. The van der Waals surface area contributed by atoms with E-state index in [1.54, 1.807) is 0 Å². The van der Waals surface area contributed by atoms with E-state index in [1.807, 2.05) is 0 Å². The van der Waals surface area contributed by atoms with Crippen molar-refractivity contribution in [2.24, 2.45) is 0 Å². The summed E-state index contributed by atoms with van der Waals surface area (Å²) in [6.07, 6.45) is 0.101. The molecule has 1 saturated heterocycles.